The molecule has 8 nitrogen and oxygen atoms in total. The molecule has 0 saturated heterocycles. The van der Waals surface area contributed by atoms with Crippen LogP contribution in [0.15, 0.2) is 75.4 Å². The summed E-state index contributed by atoms with van der Waals surface area (Å²) in [4.78, 5) is 19.6. The van der Waals surface area contributed by atoms with Crippen LogP contribution in [0.1, 0.15) is 68.2 Å². The number of azo groups is 1. The highest BCUT2D eigenvalue weighted by Gasteiger charge is 2.52. The van der Waals surface area contributed by atoms with Gasteiger partial charge in [-0.15, -0.1) is 0 Å². The quantitative estimate of drug-likeness (QED) is 0.167. The van der Waals surface area contributed by atoms with Crippen molar-refractivity contribution in [3.63, 3.8) is 0 Å². The molecule has 1 amide bonds. The Bertz CT molecular complexity index is 1510. The van der Waals surface area contributed by atoms with Crippen LogP contribution < -0.4 is 4.74 Å². The van der Waals surface area contributed by atoms with Crippen LogP contribution in [-0.4, -0.2) is 41.1 Å². The predicted molar refractivity (Wildman–Crippen MR) is 160 cm³/mol. The number of benzene rings is 2. The van der Waals surface area contributed by atoms with Crippen molar-refractivity contribution in [2.24, 2.45) is 27.0 Å². The summed E-state index contributed by atoms with van der Waals surface area (Å²) in [6, 6.07) is 10.7. The van der Waals surface area contributed by atoms with Crippen molar-refractivity contribution in [2.45, 2.75) is 54.1 Å². The molecule has 2 atom stereocenters. The van der Waals surface area contributed by atoms with Gasteiger partial charge < -0.3 is 14.2 Å². The number of nitrogens with zero attached hydrogens (tertiary/aromatic N) is 5. The summed E-state index contributed by atoms with van der Waals surface area (Å²) in [7, 11) is 1.46. The number of amides is 1. The summed E-state index contributed by atoms with van der Waals surface area (Å²) in [5.41, 5.74) is 0.618. The molecule has 0 radical (unpaired) electrons. The van der Waals surface area contributed by atoms with Gasteiger partial charge >= 0.3 is 0 Å². The molecule has 0 spiro atoms. The normalized spacial score (nSPS) is 20.0. The van der Waals surface area contributed by atoms with Crippen LogP contribution in [0, 0.1) is 35.3 Å². The number of aryl methyl sites for hydroxylation is 1. The lowest BCUT2D eigenvalue weighted by Crippen LogP contribution is -2.46. The van der Waals surface area contributed by atoms with Gasteiger partial charge in [-0.3, -0.25) is 4.79 Å². The molecule has 10 heteroatoms. The first-order valence-electron chi connectivity index (χ1n) is 14.4. The van der Waals surface area contributed by atoms with E-state index < -0.39 is 11.6 Å². The number of hydrogen-bond donors (Lipinski definition) is 0. The molecule has 0 unspecified atom stereocenters. The Morgan fingerprint density at radius 2 is 1.86 bits per heavy atom. The van der Waals surface area contributed by atoms with E-state index in [0.29, 0.717) is 36.1 Å². The van der Waals surface area contributed by atoms with E-state index in [1.165, 1.54) is 25.2 Å². The Kier molecular flexibility index (Phi) is 9.57. The minimum Gasteiger partial charge on any atom is -0.485 e. The molecule has 4 rings (SSSR count). The van der Waals surface area contributed by atoms with E-state index in [1.807, 2.05) is 11.8 Å². The van der Waals surface area contributed by atoms with Gasteiger partial charge in [-0.2, -0.15) is 15.2 Å². The first kappa shape index (κ1) is 31.7. The van der Waals surface area contributed by atoms with Gasteiger partial charge in [0.15, 0.2) is 6.61 Å². The van der Waals surface area contributed by atoms with Crippen molar-refractivity contribution in [3.05, 3.63) is 95.2 Å². The number of hydrogen-bond acceptors (Lipinski definition) is 7. The van der Waals surface area contributed by atoms with Crippen LogP contribution in [0.25, 0.3) is 5.70 Å². The Labute approximate surface area is 251 Å². The lowest BCUT2D eigenvalue weighted by Gasteiger charge is -2.45. The third-order valence-corrected chi connectivity index (χ3v) is 8.86. The van der Waals surface area contributed by atoms with E-state index in [1.54, 1.807) is 37.3 Å². The minimum absolute atomic E-state index is 0.00243. The molecule has 0 N–H and O–H groups in total. The van der Waals surface area contributed by atoms with Gasteiger partial charge in [0, 0.05) is 32.6 Å². The molecule has 1 aliphatic carbocycles. The number of halogens is 2. The van der Waals surface area contributed by atoms with Crippen molar-refractivity contribution < 1.29 is 22.8 Å². The Morgan fingerprint density at radius 3 is 2.44 bits per heavy atom. The molecule has 0 bridgehead atoms. The summed E-state index contributed by atoms with van der Waals surface area (Å²) < 4.78 is 39.9. The Hall–Kier alpha value is -4.21. The first-order chi connectivity index (χ1) is 20.4. The summed E-state index contributed by atoms with van der Waals surface area (Å²) in [6.45, 7) is 15.8. The number of ether oxygens (including phenoxy) is 1. The molecule has 3 aromatic rings. The maximum absolute atomic E-state index is 14.6. The Balaban J connectivity index is 1.48. The summed E-state index contributed by atoms with van der Waals surface area (Å²) in [5, 5.41) is 11.6. The fourth-order valence-electron chi connectivity index (χ4n) is 5.95. The van der Waals surface area contributed by atoms with Gasteiger partial charge in [-0.1, -0.05) is 38.6 Å². The molecule has 1 saturated carbocycles. The molecule has 2 aromatic carbocycles. The molecule has 1 fully saturated rings. The molecule has 1 heterocycles. The van der Waals surface area contributed by atoms with Crippen LogP contribution in [0.4, 0.5) is 8.78 Å². The van der Waals surface area contributed by atoms with Crippen molar-refractivity contribution in [2.75, 3.05) is 20.1 Å². The SMILES string of the molecule is C=C(/C=C(\N=N/C)c1c(F)cccc1F)[C@@H]1CC[C@@](C)(CN(CC)C(=O)c2ccc(OCc3noc(C)n3)cc2)C1(C)C. The molecule has 1 aliphatic rings. The summed E-state index contributed by atoms with van der Waals surface area (Å²) >= 11 is 0. The third kappa shape index (κ3) is 6.73. The van der Waals surface area contributed by atoms with E-state index in [-0.39, 0.29) is 40.5 Å². The summed E-state index contributed by atoms with van der Waals surface area (Å²) in [6.07, 6.45) is 3.30. The maximum Gasteiger partial charge on any atom is 0.253 e. The molecular formula is C33H39F2N5O3. The van der Waals surface area contributed by atoms with E-state index in [2.05, 4.69) is 47.7 Å². The first-order valence-corrected chi connectivity index (χ1v) is 14.4. The molecular weight excluding hydrogens is 552 g/mol. The minimum atomic E-state index is -0.708. The van der Waals surface area contributed by atoms with Gasteiger partial charge in [0.2, 0.25) is 11.7 Å². The third-order valence-electron chi connectivity index (χ3n) is 8.86. The van der Waals surface area contributed by atoms with Gasteiger partial charge in [-0.05, 0) is 84.6 Å². The van der Waals surface area contributed by atoms with E-state index >= 15 is 0 Å². The molecule has 0 aliphatic heterocycles. The zero-order valence-corrected chi connectivity index (χ0v) is 25.7. The van der Waals surface area contributed by atoms with Crippen LogP contribution in [-0.2, 0) is 6.61 Å². The van der Waals surface area contributed by atoms with Gasteiger partial charge in [0.25, 0.3) is 5.91 Å². The van der Waals surface area contributed by atoms with Crippen molar-refractivity contribution in [1.29, 1.82) is 0 Å². The van der Waals surface area contributed by atoms with Crippen LogP contribution in [0.3, 0.4) is 0 Å². The number of aromatic nitrogens is 2. The maximum atomic E-state index is 14.6. The lowest BCUT2D eigenvalue weighted by atomic mass is 9.64. The van der Waals surface area contributed by atoms with E-state index in [4.69, 9.17) is 9.26 Å². The van der Waals surface area contributed by atoms with Crippen LogP contribution in [0.5, 0.6) is 5.75 Å². The zero-order valence-electron chi connectivity index (χ0n) is 25.7. The topological polar surface area (TPSA) is 93.2 Å². The van der Waals surface area contributed by atoms with Crippen molar-refractivity contribution in [1.82, 2.24) is 15.0 Å². The average molecular weight is 592 g/mol. The number of carbonyl (C=O) groups is 1. The van der Waals surface area contributed by atoms with Gasteiger partial charge in [0.1, 0.15) is 17.4 Å². The lowest BCUT2D eigenvalue weighted by molar-refractivity contribution is 0.0421. The second-order valence-electron chi connectivity index (χ2n) is 11.7. The smallest absolute Gasteiger partial charge is 0.253 e. The predicted octanol–water partition coefficient (Wildman–Crippen LogP) is 7.82. The monoisotopic (exact) mass is 591 g/mol. The second-order valence-corrected chi connectivity index (χ2v) is 11.7. The molecule has 43 heavy (non-hydrogen) atoms. The molecule has 228 valence electrons. The van der Waals surface area contributed by atoms with Gasteiger partial charge in [-0.25, -0.2) is 8.78 Å². The second kappa shape index (κ2) is 13.0. The van der Waals surface area contributed by atoms with Gasteiger partial charge in [0.05, 0.1) is 11.3 Å². The van der Waals surface area contributed by atoms with Crippen molar-refractivity contribution in [3.8, 4) is 5.75 Å². The fraction of sp³-hybridized carbons (Fsp3) is 0.424. The number of carbonyl (C=O) groups excluding carboxylic acids is 1. The molecule has 1 aromatic heterocycles. The zero-order chi connectivity index (χ0) is 31.4. The average Bonchev–Trinajstić information content (AvgIpc) is 3.49. The van der Waals surface area contributed by atoms with Crippen LogP contribution in [0.2, 0.25) is 0 Å². The standard InChI is InChI=1S/C33H39F2N5O3/c1-8-40(31(41)23-12-14-24(15-13-23)42-19-29-37-22(3)43-39-29)20-33(6)17-16-25(32(33,4)5)21(2)18-28(38-36-7)30-26(34)10-9-11-27(30)35/h9-15,18,25H,2,8,16-17,19-20H2,1,3-7H3/b28-18-,38-36-/t25-,33-/m0/s1. The van der Waals surface area contributed by atoms with E-state index in [0.717, 1.165) is 18.4 Å². The van der Waals surface area contributed by atoms with E-state index in [9.17, 15) is 13.6 Å². The summed E-state index contributed by atoms with van der Waals surface area (Å²) in [5.74, 6) is 0.0320. The highest BCUT2D eigenvalue weighted by Crippen LogP contribution is 2.58. The number of rotatable bonds is 11. The largest absolute Gasteiger partial charge is 0.485 e. The highest BCUT2D eigenvalue weighted by molar-refractivity contribution is 5.94. The highest BCUT2D eigenvalue weighted by atomic mass is 19.1. The number of allylic oxidation sites excluding steroid dienone is 2. The van der Waals surface area contributed by atoms with Crippen LogP contribution >= 0.6 is 0 Å². The van der Waals surface area contributed by atoms with Crippen molar-refractivity contribution >= 4 is 11.6 Å². The Morgan fingerprint density at radius 1 is 1.19 bits per heavy atom. The fourth-order valence-corrected chi connectivity index (χ4v) is 5.95.